The molecule has 0 unspecified atom stereocenters. The fourth-order valence-corrected chi connectivity index (χ4v) is 23.9. The summed E-state index contributed by atoms with van der Waals surface area (Å²) in [6, 6.07) is 33.5. The first kappa shape index (κ1) is 115. The highest BCUT2D eigenvalue weighted by atomic mass is 32.2. The summed E-state index contributed by atoms with van der Waals surface area (Å²) in [7, 11) is -31.0. The van der Waals surface area contributed by atoms with Crippen molar-refractivity contribution in [3.8, 4) is 0 Å². The molecule has 0 radical (unpaired) electrons. The fraction of sp³-hybridized carbons (Fsp3) is 0.488. The van der Waals surface area contributed by atoms with Crippen molar-refractivity contribution in [1.29, 1.82) is 0 Å². The summed E-state index contributed by atoms with van der Waals surface area (Å²) in [5, 5.41) is 45.8. The van der Waals surface area contributed by atoms with Crippen LogP contribution >= 0.6 is 0 Å². The maximum Gasteiger partial charge on any atom is 0.270 e. The van der Waals surface area contributed by atoms with Gasteiger partial charge >= 0.3 is 0 Å². The van der Waals surface area contributed by atoms with Crippen LogP contribution < -0.4 is 29.4 Å². The van der Waals surface area contributed by atoms with E-state index in [1.54, 1.807) is 62.8 Å². The Hall–Kier alpha value is -10.9. The van der Waals surface area contributed by atoms with Crippen molar-refractivity contribution in [3.63, 3.8) is 0 Å². The molecule has 4 aromatic heterocycles. The first-order valence-corrected chi connectivity index (χ1v) is 58.2. The zero-order chi connectivity index (χ0) is 104. The number of piperazine rings is 4. The van der Waals surface area contributed by atoms with E-state index < -0.39 is 100 Å². The molecule has 142 heavy (non-hydrogen) atoms. The third-order valence-electron chi connectivity index (χ3n) is 22.4. The second kappa shape index (κ2) is 52.6. The van der Waals surface area contributed by atoms with Crippen molar-refractivity contribution >= 4 is 138 Å². The molecule has 0 bridgehead atoms. The van der Waals surface area contributed by atoms with E-state index in [0.29, 0.717) is 117 Å². The molecule has 4 aliphatic rings. The number of non-ortho nitro benzene ring substituents is 4. The summed E-state index contributed by atoms with van der Waals surface area (Å²) in [5.74, 6) is 0.751. The number of nitro groups is 4. The van der Waals surface area contributed by atoms with E-state index in [4.69, 9.17) is 16.7 Å². The molecular weight excluding hydrogens is 2020 g/mol. The van der Waals surface area contributed by atoms with E-state index in [1.807, 2.05) is 92.1 Å². The van der Waals surface area contributed by atoms with Crippen molar-refractivity contribution in [2.75, 3.05) is 238 Å². The monoisotopic (exact) mass is 2140 g/mol. The molecule has 0 aliphatic carbocycles. The highest BCUT2D eigenvalue weighted by molar-refractivity contribution is 7.90. The first-order valence-electron chi connectivity index (χ1n) is 45.1. The molecule has 0 amide bonds. The zero-order valence-electron chi connectivity index (χ0n) is 79.8. The van der Waals surface area contributed by atoms with Gasteiger partial charge in [-0.05, 0) is 98.0 Å². The Labute approximate surface area is 829 Å². The van der Waals surface area contributed by atoms with Gasteiger partial charge in [0.15, 0.2) is 0 Å². The lowest BCUT2D eigenvalue weighted by atomic mass is 10.2. The molecule has 8 heterocycles. The number of rotatable bonds is 46. The Balaban J connectivity index is 0.000000211. The van der Waals surface area contributed by atoms with Crippen molar-refractivity contribution in [3.05, 3.63) is 222 Å². The zero-order valence-corrected chi connectivity index (χ0v) is 86.4. The Morgan fingerprint density at radius 1 is 0.317 bits per heavy atom. The van der Waals surface area contributed by atoms with Crippen LogP contribution in [0.5, 0.6) is 0 Å². The molecule has 48 nitrogen and oxygen atoms in total. The van der Waals surface area contributed by atoms with Crippen LogP contribution in [-0.4, -0.2) is 343 Å². The van der Waals surface area contributed by atoms with Gasteiger partial charge in [-0.2, -0.15) is 50.9 Å². The molecule has 4 fully saturated rings. The molecule has 12 rings (SSSR count). The van der Waals surface area contributed by atoms with Crippen molar-refractivity contribution < 1.29 is 104 Å². The van der Waals surface area contributed by atoms with Crippen LogP contribution in [0.3, 0.4) is 0 Å². The molecule has 0 atom stereocenters. The minimum Gasteiger partial charge on any atom is -0.368 e. The number of anilines is 6. The first-order chi connectivity index (χ1) is 67.1. The molecule has 56 heteroatoms. The minimum atomic E-state index is -4.09. The second-order valence-electron chi connectivity index (χ2n) is 32.9. The van der Waals surface area contributed by atoms with Gasteiger partial charge in [0.25, 0.3) is 63.2 Å². The van der Waals surface area contributed by atoms with Gasteiger partial charge in [-0.3, -0.25) is 81.9 Å². The molecule has 780 valence electrons. The highest BCUT2D eigenvalue weighted by Crippen LogP contribution is 2.39. The summed E-state index contributed by atoms with van der Waals surface area (Å²) in [5.41, 5.74) is 2.53. The average molecular weight is 2140 g/mol. The molecule has 8 aromatic rings. The Kier molecular flexibility index (Phi) is 42.4. The largest absolute Gasteiger partial charge is 0.368 e. The van der Waals surface area contributed by atoms with Crippen LogP contribution in [0, 0.1) is 40.5 Å². The lowest BCUT2D eigenvalue weighted by molar-refractivity contribution is -0.385. The van der Waals surface area contributed by atoms with E-state index in [1.165, 1.54) is 65.8 Å². The SMILES string of the molecule is CCCN(CCOS(C)(=O)=O)c1ccc([N+](=O)[O-])cc1S(=O)(=O)N1CCN(Cc2ccccn2)CC1.CCCN(CCOS(C)(=O)=O)c1ccc([N+](=O)[O-])cc1S(=O)(=O)N1CCN(Cc2cccnc2)CC1.CCCN(CCOS(C)(=O)=O)c1ccc([N+](=O)[O-])cc1S(=O)(=O)N1CCN(c2ccccn2)CC1.CCCN(CCOS(C)(=O)=O)c1ccc([N+](=O)[O-])cc1S(=O)(=O)N1CCN(c2cccnc2)CC1. The van der Waals surface area contributed by atoms with E-state index in [-0.39, 0.29) is 170 Å². The van der Waals surface area contributed by atoms with Gasteiger partial charge in [-0.15, -0.1) is 0 Å². The van der Waals surface area contributed by atoms with Crippen LogP contribution in [0.2, 0.25) is 0 Å². The summed E-state index contributed by atoms with van der Waals surface area (Å²) in [6.45, 7) is 15.5. The van der Waals surface area contributed by atoms with E-state index in [0.717, 1.165) is 72.1 Å². The number of hydrogen-bond donors (Lipinski definition) is 0. The molecule has 4 aromatic carbocycles. The summed E-state index contributed by atoms with van der Waals surface area (Å²) in [4.78, 5) is 74.2. The van der Waals surface area contributed by atoms with Gasteiger partial charge in [-0.1, -0.05) is 45.9 Å². The van der Waals surface area contributed by atoms with Gasteiger partial charge in [0.1, 0.15) is 25.4 Å². The highest BCUT2D eigenvalue weighted by Gasteiger charge is 2.40. The molecule has 4 saturated heterocycles. The Morgan fingerprint density at radius 2 is 0.613 bits per heavy atom. The number of pyridine rings is 4. The number of nitrogens with zero attached hydrogens (tertiary/aromatic N) is 20. The fourth-order valence-electron chi connectivity index (χ4n) is 15.7. The van der Waals surface area contributed by atoms with Crippen molar-refractivity contribution in [2.45, 2.75) is 86.0 Å². The number of benzene rings is 4. The van der Waals surface area contributed by atoms with E-state index >= 15 is 0 Å². The predicted octanol–water partition coefficient (Wildman–Crippen LogP) is 6.76. The Morgan fingerprint density at radius 3 is 0.880 bits per heavy atom. The maximum absolute atomic E-state index is 13.7. The maximum atomic E-state index is 13.7. The molecule has 0 spiro atoms. The topological polar surface area (TPSA) is 573 Å². The molecule has 4 aliphatic heterocycles. The van der Waals surface area contributed by atoms with Gasteiger partial charge in [-0.25, -0.2) is 38.7 Å². The summed E-state index contributed by atoms with van der Waals surface area (Å²) < 4.78 is 225. The smallest absolute Gasteiger partial charge is 0.270 e. The van der Waals surface area contributed by atoms with E-state index in [2.05, 4.69) is 29.7 Å². The van der Waals surface area contributed by atoms with Crippen LogP contribution in [0.4, 0.5) is 57.0 Å². The molecular formula is C86H120N20O28S8. The Bertz CT molecular complexity index is 6140. The van der Waals surface area contributed by atoms with Crippen LogP contribution in [-0.2, 0) is 110 Å². The number of hydrogen-bond acceptors (Lipinski definition) is 40. The van der Waals surface area contributed by atoms with Gasteiger partial charge in [0.2, 0.25) is 40.1 Å². The number of sulfonamides is 4. The lowest BCUT2D eigenvalue weighted by Gasteiger charge is -2.36. The van der Waals surface area contributed by atoms with Gasteiger partial charge in [0, 0.05) is 250 Å². The minimum absolute atomic E-state index is 0.0920. The second-order valence-corrected chi connectivity index (χ2v) is 47.1. The van der Waals surface area contributed by atoms with Crippen molar-refractivity contribution in [2.24, 2.45) is 0 Å². The lowest BCUT2D eigenvalue weighted by Crippen LogP contribution is -2.49. The number of nitro benzene ring substituents is 4. The third kappa shape index (κ3) is 34.1. The van der Waals surface area contributed by atoms with E-state index in [9.17, 15) is 108 Å². The van der Waals surface area contributed by atoms with Crippen LogP contribution in [0.15, 0.2) is 190 Å². The average Bonchev–Trinajstić information content (AvgIpc) is 0.780. The van der Waals surface area contributed by atoms with Crippen LogP contribution in [0.1, 0.15) is 64.6 Å². The van der Waals surface area contributed by atoms with Crippen molar-refractivity contribution in [1.82, 2.24) is 47.0 Å². The molecule has 0 N–H and O–H groups in total. The van der Waals surface area contributed by atoms with Gasteiger partial charge in [0.05, 0.1) is 111 Å². The predicted molar refractivity (Wildman–Crippen MR) is 533 cm³/mol. The third-order valence-corrected chi connectivity index (χ3v) is 32.5. The summed E-state index contributed by atoms with van der Waals surface area (Å²) in [6.07, 6.45) is 16.5. The molecule has 0 saturated carbocycles. The van der Waals surface area contributed by atoms with Crippen LogP contribution in [0.25, 0.3) is 0 Å². The quantitative estimate of drug-likeness (QED) is 0.0216. The van der Waals surface area contributed by atoms with Gasteiger partial charge < -0.3 is 29.4 Å². The normalized spacial score (nSPS) is 15.4. The standard InChI is InChI=1S/2C22H31N5O7S2.2C21H29N5O7S2/c1-3-9-25(14-15-34-35(2,30)31)21-7-6-20(27(28)29)16-22(21)36(32,33)26-12-10-24(11-13-26)18-19-5-4-8-23-17-19;1-3-10-25(15-16-34-35(2,30)31)21-8-7-20(27(28)29)17-22(21)36(32,33)26-13-11-24(12-14-26)18-19-6-4-5-9-23-19;1-3-9-24(14-15-33-34(2,29)30)20-7-6-18(26(27)28)16-21(20)35(31,32)25-12-10-23(11-13-25)19-5-4-8-22-17-19;1-3-10-23(15-16-33-34(2,29)30)19-8-7-18(26(27)28)17-20(19)35(31,32)25-13-11-24(12-14-25)21-6-4-5-9-22-21/h4-8,16-17H,3,9-15,18H2,1-2H3;4-9,17H,3,10-16,18H2,1-2H3;4-8,16-17H,3,9-15H2,1-2H3;4-9,17H,3,10-16H2,1-2H3. The number of aromatic nitrogens is 4. The summed E-state index contributed by atoms with van der Waals surface area (Å²) >= 11 is 0.